The Morgan fingerprint density at radius 2 is 2.20 bits per heavy atom. The second-order valence-electron chi connectivity index (χ2n) is 6.52. The molecule has 0 aliphatic carbocycles. The number of likely N-dealkylation sites (tertiary alicyclic amines) is 1. The van der Waals surface area contributed by atoms with Gasteiger partial charge < -0.3 is 0 Å². The van der Waals surface area contributed by atoms with Crippen molar-refractivity contribution >= 4 is 17.3 Å². The maximum atomic E-state index is 6.07. The first kappa shape index (κ1) is 16.4. The minimum Gasteiger partial charge on any atom is -0.288 e. The van der Waals surface area contributed by atoms with Crippen LogP contribution in [0.2, 0.25) is 5.02 Å². The number of halogens is 1. The summed E-state index contributed by atoms with van der Waals surface area (Å²) < 4.78 is 0. The number of nitrogens with zero attached hydrogens (tertiary/aromatic N) is 6. The molecule has 2 aliphatic heterocycles. The molecular formula is C18H21ClN6. The van der Waals surface area contributed by atoms with Gasteiger partial charge in [0.25, 0.3) is 0 Å². The normalized spacial score (nSPS) is 21.3. The van der Waals surface area contributed by atoms with E-state index in [9.17, 15) is 0 Å². The topological polar surface area (TPSA) is 59.2 Å². The molecule has 1 saturated heterocycles. The van der Waals surface area contributed by atoms with Crippen LogP contribution in [0, 0.1) is 0 Å². The smallest absolute Gasteiger partial charge is 0.192 e. The van der Waals surface area contributed by atoms with Crippen molar-refractivity contribution in [3.8, 4) is 5.69 Å². The number of aliphatic imine (C=N–C) groups is 1. The maximum absolute atomic E-state index is 6.07. The minimum atomic E-state index is 0.204. The van der Waals surface area contributed by atoms with Crippen molar-refractivity contribution in [2.45, 2.75) is 38.1 Å². The average Bonchev–Trinajstić information content (AvgIpc) is 3.13. The van der Waals surface area contributed by atoms with Gasteiger partial charge in [-0.2, -0.15) is 0 Å². The summed E-state index contributed by atoms with van der Waals surface area (Å²) >= 11 is 6.07. The van der Waals surface area contributed by atoms with Gasteiger partial charge in [0.2, 0.25) is 0 Å². The lowest BCUT2D eigenvalue weighted by Gasteiger charge is -2.34. The summed E-state index contributed by atoms with van der Waals surface area (Å²) in [7, 11) is 0. The molecule has 0 saturated carbocycles. The first-order valence-electron chi connectivity index (χ1n) is 8.80. The van der Waals surface area contributed by atoms with E-state index in [1.54, 1.807) is 4.80 Å². The molecule has 1 aromatic carbocycles. The van der Waals surface area contributed by atoms with E-state index < -0.39 is 0 Å². The molecule has 0 N–H and O–H groups in total. The second-order valence-corrected chi connectivity index (χ2v) is 6.95. The van der Waals surface area contributed by atoms with Crippen molar-refractivity contribution in [3.63, 3.8) is 0 Å². The van der Waals surface area contributed by atoms with Gasteiger partial charge in [0, 0.05) is 23.5 Å². The summed E-state index contributed by atoms with van der Waals surface area (Å²) in [5.74, 6) is 0.784. The van der Waals surface area contributed by atoms with Crippen LogP contribution in [0.5, 0.6) is 0 Å². The number of hydrogen-bond donors (Lipinski definition) is 0. The average molecular weight is 357 g/mol. The Balaban J connectivity index is 1.54. The molecule has 7 heteroatoms. The summed E-state index contributed by atoms with van der Waals surface area (Å²) in [6, 6.07) is 7.71. The Morgan fingerprint density at radius 3 is 3.04 bits per heavy atom. The van der Waals surface area contributed by atoms with Crippen LogP contribution in [0.3, 0.4) is 0 Å². The van der Waals surface area contributed by atoms with Crippen molar-refractivity contribution in [1.82, 2.24) is 25.1 Å². The Hall–Kier alpha value is -2.05. The molecule has 0 amide bonds. The van der Waals surface area contributed by atoms with Crippen LogP contribution < -0.4 is 0 Å². The van der Waals surface area contributed by atoms with Gasteiger partial charge in [-0.25, -0.2) is 0 Å². The van der Waals surface area contributed by atoms with Crippen LogP contribution in [-0.2, 0) is 0 Å². The third-order valence-electron chi connectivity index (χ3n) is 4.73. The zero-order valence-electron chi connectivity index (χ0n) is 14.1. The van der Waals surface area contributed by atoms with E-state index in [1.807, 2.05) is 30.5 Å². The highest BCUT2D eigenvalue weighted by Gasteiger charge is 2.28. The largest absolute Gasteiger partial charge is 0.288 e. The van der Waals surface area contributed by atoms with Crippen molar-refractivity contribution in [1.29, 1.82) is 0 Å². The first-order valence-corrected chi connectivity index (χ1v) is 9.18. The standard InChI is InChI=1S/C18H21ClN6/c19-14-6-5-8-16(12-14)25-22-18(21-23-25)17-9-2-4-11-24(17)13-15-7-1-3-10-20-15/h3,5-6,8,10,12,17H,1-2,4,7,9,11,13H2. The van der Waals surface area contributed by atoms with E-state index in [0.717, 1.165) is 43.9 Å². The van der Waals surface area contributed by atoms with Crippen molar-refractivity contribution < 1.29 is 0 Å². The first-order chi connectivity index (χ1) is 12.3. The Labute approximate surface area is 152 Å². The number of allylic oxidation sites excluding steroid dienone is 1. The molecule has 1 atom stereocenters. The fraction of sp³-hybridized carbons (Fsp3) is 0.444. The van der Waals surface area contributed by atoms with Crippen LogP contribution in [-0.4, -0.2) is 43.9 Å². The number of piperidine rings is 1. The molecule has 1 aromatic heterocycles. The number of tetrazole rings is 1. The number of aromatic nitrogens is 4. The predicted molar refractivity (Wildman–Crippen MR) is 98.1 cm³/mol. The number of benzene rings is 1. The van der Waals surface area contributed by atoms with Gasteiger partial charge in [0.1, 0.15) is 0 Å². The van der Waals surface area contributed by atoms with Gasteiger partial charge in [-0.15, -0.1) is 15.0 Å². The molecular weight excluding hydrogens is 336 g/mol. The Bertz CT molecular complexity index is 796. The molecule has 2 aromatic rings. The van der Waals surface area contributed by atoms with E-state index in [0.29, 0.717) is 5.02 Å². The fourth-order valence-corrected chi connectivity index (χ4v) is 3.63. The molecule has 0 bridgehead atoms. The minimum absolute atomic E-state index is 0.204. The Kier molecular flexibility index (Phi) is 4.90. The summed E-state index contributed by atoms with van der Waals surface area (Å²) in [6.45, 7) is 1.94. The quantitative estimate of drug-likeness (QED) is 0.840. The lowest BCUT2D eigenvalue weighted by molar-refractivity contribution is 0.163. The number of hydrogen-bond acceptors (Lipinski definition) is 5. The predicted octanol–water partition coefficient (Wildman–Crippen LogP) is 3.59. The van der Waals surface area contributed by atoms with E-state index in [4.69, 9.17) is 11.6 Å². The number of rotatable bonds is 4. The molecule has 1 fully saturated rings. The maximum Gasteiger partial charge on any atom is 0.192 e. The van der Waals surface area contributed by atoms with Gasteiger partial charge in [0.05, 0.1) is 11.7 Å². The summed E-state index contributed by atoms with van der Waals surface area (Å²) in [5, 5.41) is 13.9. The van der Waals surface area contributed by atoms with Gasteiger partial charge in [-0.3, -0.25) is 9.89 Å². The van der Waals surface area contributed by atoms with Crippen LogP contribution in [0.1, 0.15) is 44.0 Å². The molecule has 1 unspecified atom stereocenters. The molecule has 0 spiro atoms. The van der Waals surface area contributed by atoms with Crippen LogP contribution >= 0.6 is 11.6 Å². The summed E-state index contributed by atoms with van der Waals surface area (Å²) in [5.41, 5.74) is 2.08. The monoisotopic (exact) mass is 356 g/mol. The van der Waals surface area contributed by atoms with Crippen LogP contribution in [0.4, 0.5) is 0 Å². The highest BCUT2D eigenvalue weighted by Crippen LogP contribution is 2.29. The van der Waals surface area contributed by atoms with E-state index in [1.165, 1.54) is 18.6 Å². The summed E-state index contributed by atoms with van der Waals surface area (Å²) in [4.78, 5) is 8.54. The van der Waals surface area contributed by atoms with Gasteiger partial charge >= 0.3 is 0 Å². The lowest BCUT2D eigenvalue weighted by Crippen LogP contribution is -2.38. The molecule has 130 valence electrons. The molecule has 6 nitrogen and oxygen atoms in total. The van der Waals surface area contributed by atoms with Gasteiger partial charge in [-0.05, 0) is 55.6 Å². The zero-order chi connectivity index (χ0) is 17.1. The van der Waals surface area contributed by atoms with Crippen molar-refractivity contribution in [2.75, 3.05) is 13.1 Å². The van der Waals surface area contributed by atoms with Crippen molar-refractivity contribution in [2.24, 2.45) is 4.99 Å². The molecule has 2 aliphatic rings. The Morgan fingerprint density at radius 1 is 1.24 bits per heavy atom. The van der Waals surface area contributed by atoms with Gasteiger partial charge in [-0.1, -0.05) is 30.2 Å². The van der Waals surface area contributed by atoms with E-state index >= 15 is 0 Å². The second kappa shape index (κ2) is 7.45. The SMILES string of the molecule is Clc1cccc(-n2nnc(C3CCCCN3CC3=NC=CCC3)n2)c1. The molecule has 4 rings (SSSR count). The van der Waals surface area contributed by atoms with Crippen molar-refractivity contribution in [3.05, 3.63) is 47.4 Å². The summed E-state index contributed by atoms with van der Waals surface area (Å²) in [6.07, 6.45) is 9.63. The fourth-order valence-electron chi connectivity index (χ4n) is 3.44. The van der Waals surface area contributed by atoms with Gasteiger partial charge in [0.15, 0.2) is 5.82 Å². The third kappa shape index (κ3) is 3.80. The third-order valence-corrected chi connectivity index (χ3v) is 4.96. The van der Waals surface area contributed by atoms with E-state index in [-0.39, 0.29) is 6.04 Å². The van der Waals surface area contributed by atoms with E-state index in [2.05, 4.69) is 31.4 Å². The molecule has 25 heavy (non-hydrogen) atoms. The highest BCUT2D eigenvalue weighted by atomic mass is 35.5. The zero-order valence-corrected chi connectivity index (χ0v) is 14.8. The highest BCUT2D eigenvalue weighted by molar-refractivity contribution is 6.30. The molecule has 0 radical (unpaired) electrons. The van der Waals surface area contributed by atoms with Crippen LogP contribution in [0.25, 0.3) is 5.69 Å². The lowest BCUT2D eigenvalue weighted by atomic mass is 10.0. The molecule has 3 heterocycles. The van der Waals surface area contributed by atoms with Crippen LogP contribution in [0.15, 0.2) is 41.5 Å².